The summed E-state index contributed by atoms with van der Waals surface area (Å²) >= 11 is 14.8. The van der Waals surface area contributed by atoms with Gasteiger partial charge in [-0.05, 0) is 35.9 Å². The standard InChI is InChI=1S/C14H8BrCl2FO/c15-10-5-9(6-11(18)7-10)14(19)4-8-1-2-12(16)13(17)3-8/h1-3,5-7H,4H2. The molecule has 0 amide bonds. The van der Waals surface area contributed by atoms with Crippen LogP contribution in [0.2, 0.25) is 10.0 Å². The van der Waals surface area contributed by atoms with E-state index in [1.807, 2.05) is 0 Å². The number of Topliss-reactive ketones (excluding diaryl/α,β-unsaturated/α-hetero) is 1. The number of benzene rings is 2. The van der Waals surface area contributed by atoms with Crippen LogP contribution in [0.5, 0.6) is 0 Å². The molecule has 0 aliphatic rings. The smallest absolute Gasteiger partial charge is 0.167 e. The Kier molecular flexibility index (Phi) is 4.61. The molecule has 1 nitrogen and oxygen atoms in total. The zero-order chi connectivity index (χ0) is 14.0. The predicted octanol–water partition coefficient (Wildman–Crippen LogP) is 5.32. The summed E-state index contributed by atoms with van der Waals surface area (Å²) < 4.78 is 13.8. The van der Waals surface area contributed by atoms with Gasteiger partial charge in [0.25, 0.3) is 0 Å². The van der Waals surface area contributed by atoms with Crippen molar-refractivity contribution in [3.63, 3.8) is 0 Å². The monoisotopic (exact) mass is 360 g/mol. The molecule has 0 radical (unpaired) electrons. The number of carbonyl (C=O) groups excluding carboxylic acids is 1. The molecule has 2 aromatic rings. The van der Waals surface area contributed by atoms with Crippen LogP contribution >= 0.6 is 39.1 Å². The second kappa shape index (κ2) is 6.04. The van der Waals surface area contributed by atoms with Gasteiger partial charge in [0.2, 0.25) is 0 Å². The van der Waals surface area contributed by atoms with Crippen molar-refractivity contribution in [2.24, 2.45) is 0 Å². The maximum absolute atomic E-state index is 13.2. The van der Waals surface area contributed by atoms with E-state index < -0.39 is 5.82 Å². The SMILES string of the molecule is O=C(Cc1ccc(Cl)c(Cl)c1)c1cc(F)cc(Br)c1. The van der Waals surface area contributed by atoms with Crippen molar-refractivity contribution in [1.29, 1.82) is 0 Å². The fourth-order valence-electron chi connectivity index (χ4n) is 1.65. The Labute approximate surface area is 128 Å². The lowest BCUT2D eigenvalue weighted by molar-refractivity contribution is 0.0992. The summed E-state index contributed by atoms with van der Waals surface area (Å²) in [6, 6.07) is 9.09. The zero-order valence-corrected chi connectivity index (χ0v) is 12.7. The summed E-state index contributed by atoms with van der Waals surface area (Å²) in [5.74, 6) is -0.634. The topological polar surface area (TPSA) is 17.1 Å². The lowest BCUT2D eigenvalue weighted by Crippen LogP contribution is -2.04. The van der Waals surface area contributed by atoms with Gasteiger partial charge in [0, 0.05) is 16.5 Å². The predicted molar refractivity (Wildman–Crippen MR) is 78.6 cm³/mol. The number of rotatable bonds is 3. The first-order valence-corrected chi connectivity index (χ1v) is 6.94. The van der Waals surface area contributed by atoms with Gasteiger partial charge in [-0.3, -0.25) is 4.79 Å². The van der Waals surface area contributed by atoms with Crippen LogP contribution in [0.4, 0.5) is 4.39 Å². The highest BCUT2D eigenvalue weighted by Crippen LogP contribution is 2.23. The molecule has 0 bridgehead atoms. The first-order chi connectivity index (χ1) is 8.95. The van der Waals surface area contributed by atoms with Gasteiger partial charge in [-0.25, -0.2) is 4.39 Å². The minimum atomic E-state index is -0.452. The van der Waals surface area contributed by atoms with E-state index in [1.165, 1.54) is 12.1 Å². The Bertz CT molecular complexity index is 623. The molecule has 0 atom stereocenters. The van der Waals surface area contributed by atoms with Crippen molar-refractivity contribution in [2.45, 2.75) is 6.42 Å². The first-order valence-electron chi connectivity index (χ1n) is 5.39. The van der Waals surface area contributed by atoms with E-state index in [1.54, 1.807) is 24.3 Å². The number of halogens is 4. The van der Waals surface area contributed by atoms with Crippen LogP contribution in [-0.2, 0) is 6.42 Å². The van der Waals surface area contributed by atoms with E-state index in [0.29, 0.717) is 20.1 Å². The van der Waals surface area contributed by atoms with Crippen molar-refractivity contribution >= 4 is 44.9 Å². The average molecular weight is 362 g/mol. The van der Waals surface area contributed by atoms with E-state index in [4.69, 9.17) is 23.2 Å². The van der Waals surface area contributed by atoms with Crippen molar-refractivity contribution in [3.05, 3.63) is 67.9 Å². The largest absolute Gasteiger partial charge is 0.294 e. The van der Waals surface area contributed by atoms with E-state index in [-0.39, 0.29) is 12.2 Å². The summed E-state index contributed by atoms with van der Waals surface area (Å²) in [4.78, 5) is 12.1. The maximum atomic E-state index is 13.2. The summed E-state index contributed by atoms with van der Waals surface area (Å²) in [6.45, 7) is 0. The zero-order valence-electron chi connectivity index (χ0n) is 9.59. The molecule has 98 valence electrons. The Balaban J connectivity index is 2.22. The Morgan fingerprint density at radius 3 is 2.47 bits per heavy atom. The summed E-state index contributed by atoms with van der Waals surface area (Å²) in [6.07, 6.45) is 0.146. The maximum Gasteiger partial charge on any atom is 0.167 e. The van der Waals surface area contributed by atoms with Gasteiger partial charge < -0.3 is 0 Å². The molecule has 0 saturated heterocycles. The molecular weight excluding hydrogens is 354 g/mol. The minimum absolute atomic E-state index is 0.146. The molecule has 0 saturated carbocycles. The van der Waals surface area contributed by atoms with E-state index in [9.17, 15) is 9.18 Å². The normalized spacial score (nSPS) is 10.5. The highest BCUT2D eigenvalue weighted by atomic mass is 79.9. The molecule has 0 unspecified atom stereocenters. The third-order valence-electron chi connectivity index (χ3n) is 2.53. The van der Waals surface area contributed by atoms with E-state index in [0.717, 1.165) is 5.56 Å². The molecular formula is C14H8BrCl2FO. The van der Waals surface area contributed by atoms with Crippen LogP contribution < -0.4 is 0 Å². The van der Waals surface area contributed by atoms with Crippen LogP contribution in [0.1, 0.15) is 15.9 Å². The quantitative estimate of drug-likeness (QED) is 0.676. The van der Waals surface area contributed by atoms with Gasteiger partial charge in [-0.2, -0.15) is 0 Å². The van der Waals surface area contributed by atoms with Gasteiger partial charge >= 0.3 is 0 Å². The first kappa shape index (κ1) is 14.5. The van der Waals surface area contributed by atoms with Crippen LogP contribution in [0.15, 0.2) is 40.9 Å². The highest BCUT2D eigenvalue weighted by Gasteiger charge is 2.10. The van der Waals surface area contributed by atoms with Gasteiger partial charge in [0.05, 0.1) is 10.0 Å². The molecule has 0 heterocycles. The van der Waals surface area contributed by atoms with Crippen molar-refractivity contribution in [2.75, 3.05) is 0 Å². The molecule has 19 heavy (non-hydrogen) atoms. The fraction of sp³-hybridized carbons (Fsp3) is 0.0714. The number of carbonyl (C=O) groups is 1. The van der Waals surface area contributed by atoms with Crippen LogP contribution in [-0.4, -0.2) is 5.78 Å². The van der Waals surface area contributed by atoms with Gasteiger partial charge in [-0.1, -0.05) is 45.2 Å². The second-order valence-corrected chi connectivity index (χ2v) is 5.74. The lowest BCUT2D eigenvalue weighted by atomic mass is 10.0. The van der Waals surface area contributed by atoms with Gasteiger partial charge in [0.1, 0.15) is 5.82 Å². The van der Waals surface area contributed by atoms with E-state index >= 15 is 0 Å². The molecule has 5 heteroatoms. The Morgan fingerprint density at radius 2 is 1.84 bits per heavy atom. The number of hydrogen-bond acceptors (Lipinski definition) is 1. The molecule has 2 aromatic carbocycles. The molecule has 0 spiro atoms. The lowest BCUT2D eigenvalue weighted by Gasteiger charge is -2.04. The van der Waals surface area contributed by atoms with Crippen LogP contribution in [0, 0.1) is 5.82 Å². The van der Waals surface area contributed by atoms with Crippen LogP contribution in [0.3, 0.4) is 0 Å². The van der Waals surface area contributed by atoms with E-state index in [2.05, 4.69) is 15.9 Å². The van der Waals surface area contributed by atoms with Crippen LogP contribution in [0.25, 0.3) is 0 Å². The molecule has 0 aliphatic heterocycles. The molecule has 0 aromatic heterocycles. The molecule has 2 rings (SSSR count). The summed E-state index contributed by atoms with van der Waals surface area (Å²) in [7, 11) is 0. The second-order valence-electron chi connectivity index (χ2n) is 4.01. The molecule has 0 aliphatic carbocycles. The van der Waals surface area contributed by atoms with Gasteiger partial charge in [0.15, 0.2) is 5.78 Å². The average Bonchev–Trinajstić information content (AvgIpc) is 2.32. The minimum Gasteiger partial charge on any atom is -0.294 e. The Hall–Kier alpha value is -0.900. The third kappa shape index (κ3) is 3.78. The van der Waals surface area contributed by atoms with Crippen molar-refractivity contribution < 1.29 is 9.18 Å². The summed E-state index contributed by atoms with van der Waals surface area (Å²) in [5, 5.41) is 0.832. The van der Waals surface area contributed by atoms with Crippen molar-refractivity contribution in [3.8, 4) is 0 Å². The fourth-order valence-corrected chi connectivity index (χ4v) is 2.44. The number of ketones is 1. The highest BCUT2D eigenvalue weighted by molar-refractivity contribution is 9.10. The summed E-state index contributed by atoms with van der Waals surface area (Å²) in [5.41, 5.74) is 1.05. The molecule has 0 N–H and O–H groups in total. The molecule has 0 fully saturated rings. The van der Waals surface area contributed by atoms with Crippen molar-refractivity contribution in [1.82, 2.24) is 0 Å². The third-order valence-corrected chi connectivity index (χ3v) is 3.73. The Morgan fingerprint density at radius 1 is 1.11 bits per heavy atom. The van der Waals surface area contributed by atoms with Gasteiger partial charge in [-0.15, -0.1) is 0 Å². The number of hydrogen-bond donors (Lipinski definition) is 0.